The third-order valence-electron chi connectivity index (χ3n) is 4.67. The maximum atomic E-state index is 10.4. The van der Waals surface area contributed by atoms with E-state index in [1.165, 1.54) is 25.7 Å². The lowest BCUT2D eigenvalue weighted by atomic mass is 9.97. The molecule has 3 unspecified atom stereocenters. The van der Waals surface area contributed by atoms with E-state index in [4.69, 9.17) is 0 Å². The van der Waals surface area contributed by atoms with Crippen LogP contribution in [-0.4, -0.2) is 10.7 Å². The summed E-state index contributed by atoms with van der Waals surface area (Å²) in [5, 5.41) is 10.4. The monoisotopic (exact) mass is 166 g/mol. The van der Waals surface area contributed by atoms with Gasteiger partial charge in [-0.25, -0.2) is 0 Å². The maximum Gasteiger partial charge on any atom is 0.0744 e. The van der Waals surface area contributed by atoms with Crippen LogP contribution in [-0.2, 0) is 0 Å². The van der Waals surface area contributed by atoms with E-state index in [-0.39, 0.29) is 5.60 Å². The van der Waals surface area contributed by atoms with Crippen molar-refractivity contribution in [3.8, 4) is 0 Å². The molecule has 3 fully saturated rings. The molecule has 1 nitrogen and oxygen atoms in total. The highest BCUT2D eigenvalue weighted by Gasteiger charge is 2.75. The molecule has 0 aromatic carbocycles. The van der Waals surface area contributed by atoms with E-state index in [1.54, 1.807) is 0 Å². The van der Waals surface area contributed by atoms with E-state index in [0.29, 0.717) is 23.2 Å². The SMILES string of the molecule is CC1(C)CC1C1(O)C2CCCC21. The highest BCUT2D eigenvalue weighted by atomic mass is 16.3. The minimum atomic E-state index is -0.193. The molecule has 3 atom stereocenters. The fraction of sp³-hybridized carbons (Fsp3) is 1.00. The molecule has 0 heterocycles. The second kappa shape index (κ2) is 1.75. The summed E-state index contributed by atoms with van der Waals surface area (Å²) in [7, 11) is 0. The fourth-order valence-electron chi connectivity index (χ4n) is 3.74. The first-order valence-electron chi connectivity index (χ1n) is 5.29. The van der Waals surface area contributed by atoms with E-state index in [1.807, 2.05) is 0 Å². The van der Waals surface area contributed by atoms with E-state index in [2.05, 4.69) is 13.8 Å². The summed E-state index contributed by atoms with van der Waals surface area (Å²) in [5.74, 6) is 2.04. The van der Waals surface area contributed by atoms with Crippen LogP contribution in [0.5, 0.6) is 0 Å². The number of hydrogen-bond donors (Lipinski definition) is 1. The lowest BCUT2D eigenvalue weighted by Gasteiger charge is -2.15. The van der Waals surface area contributed by atoms with Gasteiger partial charge in [-0.2, -0.15) is 0 Å². The van der Waals surface area contributed by atoms with E-state index >= 15 is 0 Å². The average Bonchev–Trinajstić information content (AvgIpc) is 2.70. The zero-order valence-corrected chi connectivity index (χ0v) is 8.01. The van der Waals surface area contributed by atoms with Gasteiger partial charge < -0.3 is 5.11 Å². The van der Waals surface area contributed by atoms with Crippen molar-refractivity contribution in [3.63, 3.8) is 0 Å². The van der Waals surface area contributed by atoms with Crippen molar-refractivity contribution in [2.45, 2.75) is 45.1 Å². The molecule has 0 aliphatic heterocycles. The predicted molar refractivity (Wildman–Crippen MR) is 47.7 cm³/mol. The summed E-state index contributed by atoms with van der Waals surface area (Å²) in [5.41, 5.74) is 0.265. The third-order valence-corrected chi connectivity index (χ3v) is 4.67. The summed E-state index contributed by atoms with van der Waals surface area (Å²) < 4.78 is 0. The van der Waals surface area contributed by atoms with Gasteiger partial charge in [0.25, 0.3) is 0 Å². The van der Waals surface area contributed by atoms with Gasteiger partial charge in [0.1, 0.15) is 0 Å². The van der Waals surface area contributed by atoms with Gasteiger partial charge in [0.05, 0.1) is 5.60 Å². The first kappa shape index (κ1) is 7.37. The van der Waals surface area contributed by atoms with Gasteiger partial charge in [-0.05, 0) is 42.4 Å². The second-order valence-electron chi connectivity index (χ2n) is 5.78. The largest absolute Gasteiger partial charge is 0.389 e. The molecule has 12 heavy (non-hydrogen) atoms. The molecule has 3 aliphatic carbocycles. The number of fused-ring (bicyclic) bond motifs is 1. The second-order valence-corrected chi connectivity index (χ2v) is 5.78. The quantitative estimate of drug-likeness (QED) is 0.633. The van der Waals surface area contributed by atoms with Crippen LogP contribution in [0.2, 0.25) is 0 Å². The van der Waals surface area contributed by atoms with Crippen molar-refractivity contribution in [1.82, 2.24) is 0 Å². The van der Waals surface area contributed by atoms with Crippen LogP contribution in [0.4, 0.5) is 0 Å². The zero-order valence-electron chi connectivity index (χ0n) is 8.01. The van der Waals surface area contributed by atoms with Crippen molar-refractivity contribution < 1.29 is 5.11 Å². The Kier molecular flexibility index (Phi) is 1.07. The van der Waals surface area contributed by atoms with Gasteiger partial charge in [0, 0.05) is 0 Å². The topological polar surface area (TPSA) is 20.2 Å². The Morgan fingerprint density at radius 1 is 1.17 bits per heavy atom. The third kappa shape index (κ3) is 0.654. The Labute approximate surface area is 74.2 Å². The van der Waals surface area contributed by atoms with Crippen molar-refractivity contribution in [1.29, 1.82) is 0 Å². The van der Waals surface area contributed by atoms with Gasteiger partial charge in [0.15, 0.2) is 0 Å². The molecule has 1 N–H and O–H groups in total. The Morgan fingerprint density at radius 3 is 2.08 bits per heavy atom. The van der Waals surface area contributed by atoms with Crippen LogP contribution in [0.25, 0.3) is 0 Å². The molecule has 0 aromatic heterocycles. The molecule has 0 bridgehead atoms. The highest BCUT2D eigenvalue weighted by Crippen LogP contribution is 2.73. The lowest BCUT2D eigenvalue weighted by Crippen LogP contribution is -2.21. The van der Waals surface area contributed by atoms with Crippen LogP contribution in [0, 0.1) is 23.2 Å². The van der Waals surface area contributed by atoms with E-state index in [0.717, 1.165) is 0 Å². The maximum absolute atomic E-state index is 10.4. The van der Waals surface area contributed by atoms with Crippen molar-refractivity contribution in [2.75, 3.05) is 0 Å². The van der Waals surface area contributed by atoms with E-state index < -0.39 is 0 Å². The molecule has 0 aromatic rings. The fourth-order valence-corrected chi connectivity index (χ4v) is 3.74. The van der Waals surface area contributed by atoms with Crippen molar-refractivity contribution >= 4 is 0 Å². The van der Waals surface area contributed by atoms with Crippen LogP contribution in [0.3, 0.4) is 0 Å². The molecular formula is C11H18O. The summed E-state index contributed by atoms with van der Waals surface area (Å²) in [6.45, 7) is 4.59. The first-order chi connectivity index (χ1) is 5.57. The Hall–Kier alpha value is -0.0400. The summed E-state index contributed by atoms with van der Waals surface area (Å²) in [6.07, 6.45) is 5.22. The summed E-state index contributed by atoms with van der Waals surface area (Å²) in [4.78, 5) is 0. The van der Waals surface area contributed by atoms with E-state index in [9.17, 15) is 5.11 Å². The predicted octanol–water partition coefficient (Wildman–Crippen LogP) is 2.19. The van der Waals surface area contributed by atoms with Gasteiger partial charge in [-0.15, -0.1) is 0 Å². The summed E-state index contributed by atoms with van der Waals surface area (Å²) >= 11 is 0. The minimum Gasteiger partial charge on any atom is -0.389 e. The molecule has 3 saturated carbocycles. The lowest BCUT2D eigenvalue weighted by molar-refractivity contribution is 0.0703. The molecule has 0 radical (unpaired) electrons. The molecule has 0 spiro atoms. The van der Waals surface area contributed by atoms with Gasteiger partial charge in [-0.1, -0.05) is 20.3 Å². The molecule has 3 rings (SSSR count). The Balaban J connectivity index is 1.79. The molecule has 0 amide bonds. The van der Waals surface area contributed by atoms with Gasteiger partial charge in [-0.3, -0.25) is 0 Å². The average molecular weight is 166 g/mol. The summed E-state index contributed by atoms with van der Waals surface area (Å²) in [6, 6.07) is 0. The van der Waals surface area contributed by atoms with Crippen molar-refractivity contribution in [3.05, 3.63) is 0 Å². The van der Waals surface area contributed by atoms with Crippen LogP contribution in [0.15, 0.2) is 0 Å². The van der Waals surface area contributed by atoms with Gasteiger partial charge in [0.2, 0.25) is 0 Å². The minimum absolute atomic E-state index is 0.193. The number of rotatable bonds is 1. The Bertz CT molecular complexity index is 221. The van der Waals surface area contributed by atoms with Crippen LogP contribution < -0.4 is 0 Å². The normalized spacial score (nSPS) is 59.8. The molecule has 0 saturated heterocycles. The van der Waals surface area contributed by atoms with Gasteiger partial charge >= 0.3 is 0 Å². The number of aliphatic hydroxyl groups is 1. The number of hydrogen-bond acceptors (Lipinski definition) is 1. The molecule has 68 valence electrons. The Morgan fingerprint density at radius 2 is 1.67 bits per heavy atom. The smallest absolute Gasteiger partial charge is 0.0744 e. The highest BCUT2D eigenvalue weighted by molar-refractivity contribution is 5.24. The standard InChI is InChI=1S/C11H18O/c1-10(2)6-9(10)11(12)7-4-3-5-8(7)11/h7-9,12H,3-6H2,1-2H3. The van der Waals surface area contributed by atoms with Crippen molar-refractivity contribution in [2.24, 2.45) is 23.2 Å². The molecular weight excluding hydrogens is 148 g/mol. The van der Waals surface area contributed by atoms with Crippen LogP contribution >= 0.6 is 0 Å². The zero-order chi connectivity index (χ0) is 8.56. The molecule has 3 aliphatic rings. The first-order valence-corrected chi connectivity index (χ1v) is 5.29. The van der Waals surface area contributed by atoms with Crippen LogP contribution in [0.1, 0.15) is 39.5 Å². The molecule has 1 heteroatoms.